The van der Waals surface area contributed by atoms with Crippen molar-refractivity contribution < 1.29 is 33.3 Å². The maximum absolute atomic E-state index is 11.7. The number of ether oxygens (including phenoxy) is 4. The van der Waals surface area contributed by atoms with E-state index in [1.54, 1.807) is 56.5 Å². The van der Waals surface area contributed by atoms with E-state index in [4.69, 9.17) is 18.9 Å². The van der Waals surface area contributed by atoms with Crippen molar-refractivity contribution in [1.82, 2.24) is 0 Å². The van der Waals surface area contributed by atoms with Gasteiger partial charge in [-0.25, -0.2) is 4.79 Å². The van der Waals surface area contributed by atoms with Crippen LogP contribution in [0.4, 0.5) is 0 Å². The van der Waals surface area contributed by atoms with Gasteiger partial charge in [0.05, 0.1) is 7.11 Å². The zero-order chi connectivity index (χ0) is 27.1. The Balaban J connectivity index is 1.64. The lowest BCUT2D eigenvalue weighted by Gasteiger charge is -2.15. The summed E-state index contributed by atoms with van der Waals surface area (Å²) in [5.41, 5.74) is 5.19. The molecule has 0 aliphatic heterocycles. The van der Waals surface area contributed by atoms with Gasteiger partial charge in [0.25, 0.3) is 12.9 Å². The maximum atomic E-state index is 11.7. The Morgan fingerprint density at radius 2 is 1.11 bits per heavy atom. The number of carbonyl (C=O) groups is 3. The number of rotatable bonds is 10. The molecule has 0 unspecified atom stereocenters. The minimum Gasteiger partial charge on any atom is -0.496 e. The predicted molar refractivity (Wildman–Crippen MR) is 143 cm³/mol. The molecule has 0 aromatic heterocycles. The summed E-state index contributed by atoms with van der Waals surface area (Å²) in [5, 5.41) is 0. The third kappa shape index (κ3) is 5.79. The molecule has 190 valence electrons. The van der Waals surface area contributed by atoms with Crippen molar-refractivity contribution in [2.75, 3.05) is 7.11 Å². The van der Waals surface area contributed by atoms with Crippen molar-refractivity contribution in [3.63, 3.8) is 0 Å². The van der Waals surface area contributed by atoms with Crippen LogP contribution < -0.4 is 18.9 Å². The Hall–Kier alpha value is -5.17. The van der Waals surface area contributed by atoms with Crippen molar-refractivity contribution in [3.8, 4) is 56.4 Å². The average Bonchev–Trinajstić information content (AvgIpc) is 2.94. The van der Waals surface area contributed by atoms with E-state index < -0.39 is 5.97 Å². The van der Waals surface area contributed by atoms with Gasteiger partial charge in [-0.15, -0.1) is 0 Å². The SMILES string of the molecule is C=C(C)C(=O)Oc1ccc(-c2ccc(-c3cc(OC)c(-c4ccc(OC=O)cc4)cc3OC=O)cc2)cc1. The highest BCUT2D eigenvalue weighted by Gasteiger charge is 2.16. The van der Waals surface area contributed by atoms with Gasteiger partial charge in [-0.2, -0.15) is 0 Å². The molecule has 4 aromatic rings. The molecule has 0 aliphatic carbocycles. The zero-order valence-corrected chi connectivity index (χ0v) is 20.8. The van der Waals surface area contributed by atoms with Crippen LogP contribution >= 0.6 is 0 Å². The highest BCUT2D eigenvalue weighted by Crippen LogP contribution is 2.41. The van der Waals surface area contributed by atoms with Gasteiger partial charge in [-0.3, -0.25) is 9.59 Å². The van der Waals surface area contributed by atoms with E-state index in [9.17, 15) is 14.4 Å². The normalized spacial score (nSPS) is 10.3. The zero-order valence-electron chi connectivity index (χ0n) is 20.8. The average molecular weight is 509 g/mol. The van der Waals surface area contributed by atoms with Crippen LogP contribution in [-0.4, -0.2) is 26.0 Å². The Morgan fingerprint density at radius 3 is 1.63 bits per heavy atom. The quantitative estimate of drug-likeness (QED) is 0.108. The van der Waals surface area contributed by atoms with Crippen LogP contribution in [0.25, 0.3) is 33.4 Å². The molecule has 0 spiro atoms. The largest absolute Gasteiger partial charge is 0.496 e. The summed E-state index contributed by atoms with van der Waals surface area (Å²) >= 11 is 0. The Labute approximate surface area is 219 Å². The highest BCUT2D eigenvalue weighted by atomic mass is 16.5. The van der Waals surface area contributed by atoms with Crippen molar-refractivity contribution in [3.05, 3.63) is 97.1 Å². The number of hydrogen-bond donors (Lipinski definition) is 0. The van der Waals surface area contributed by atoms with Gasteiger partial charge in [-0.05, 0) is 65.6 Å². The summed E-state index contributed by atoms with van der Waals surface area (Å²) in [6, 6.07) is 25.3. The highest BCUT2D eigenvalue weighted by molar-refractivity contribution is 5.89. The number of carbonyl (C=O) groups excluding carboxylic acids is 3. The third-order valence-corrected chi connectivity index (χ3v) is 5.77. The van der Waals surface area contributed by atoms with Crippen LogP contribution in [0.2, 0.25) is 0 Å². The van der Waals surface area contributed by atoms with Crippen molar-refractivity contribution in [2.24, 2.45) is 0 Å². The van der Waals surface area contributed by atoms with Gasteiger partial charge in [0.1, 0.15) is 23.0 Å². The Morgan fingerprint density at radius 1 is 0.658 bits per heavy atom. The smallest absolute Gasteiger partial charge is 0.338 e. The minimum atomic E-state index is -0.471. The van der Waals surface area contributed by atoms with Crippen molar-refractivity contribution in [1.29, 1.82) is 0 Å². The predicted octanol–water partition coefficient (Wildman–Crippen LogP) is 6.25. The molecule has 0 N–H and O–H groups in total. The van der Waals surface area contributed by atoms with Gasteiger partial charge >= 0.3 is 5.97 Å². The summed E-state index contributed by atoms with van der Waals surface area (Å²) in [6.45, 7) is 5.92. The van der Waals surface area contributed by atoms with E-state index in [2.05, 4.69) is 6.58 Å². The first-order valence-electron chi connectivity index (χ1n) is 11.5. The van der Waals surface area contributed by atoms with Crippen LogP contribution in [0.5, 0.6) is 23.0 Å². The molecule has 0 bridgehead atoms. The first-order chi connectivity index (χ1) is 18.4. The Bertz CT molecular complexity index is 1470. The van der Waals surface area contributed by atoms with Gasteiger partial charge in [-0.1, -0.05) is 55.1 Å². The van der Waals surface area contributed by atoms with E-state index in [1.165, 1.54) is 0 Å². The van der Waals surface area contributed by atoms with Gasteiger partial charge < -0.3 is 18.9 Å². The van der Waals surface area contributed by atoms with E-state index in [0.29, 0.717) is 52.6 Å². The molecule has 0 atom stereocenters. The van der Waals surface area contributed by atoms with Crippen LogP contribution in [0.15, 0.2) is 97.1 Å². The van der Waals surface area contributed by atoms with Crippen LogP contribution in [-0.2, 0) is 14.4 Å². The fourth-order valence-corrected chi connectivity index (χ4v) is 3.85. The first kappa shape index (κ1) is 25.9. The molecule has 4 aromatic carbocycles. The summed E-state index contributed by atoms with van der Waals surface area (Å²) in [5.74, 6) is 1.31. The minimum absolute atomic E-state index is 0.328. The van der Waals surface area contributed by atoms with E-state index >= 15 is 0 Å². The van der Waals surface area contributed by atoms with Gasteiger partial charge in [0.15, 0.2) is 0 Å². The molecule has 0 radical (unpaired) electrons. The van der Waals surface area contributed by atoms with Crippen molar-refractivity contribution >= 4 is 18.9 Å². The van der Waals surface area contributed by atoms with Crippen LogP contribution in [0, 0.1) is 0 Å². The summed E-state index contributed by atoms with van der Waals surface area (Å²) in [6.07, 6.45) is 0. The standard InChI is InChI=1S/C31H24O7/c1-20(2)31(34)38-26-14-8-22(9-15-26)21-4-6-23(7-5-21)28-16-29(35-3)27(17-30(28)37-19-33)24-10-12-25(13-11-24)36-18-32/h4-19H,1H2,2-3H3. The fourth-order valence-electron chi connectivity index (χ4n) is 3.85. The van der Waals surface area contributed by atoms with E-state index in [-0.39, 0.29) is 0 Å². The number of benzene rings is 4. The molecule has 7 nitrogen and oxygen atoms in total. The summed E-state index contributed by atoms with van der Waals surface area (Å²) in [7, 11) is 1.56. The topological polar surface area (TPSA) is 88.1 Å². The molecule has 0 amide bonds. The molecule has 0 fully saturated rings. The first-order valence-corrected chi connectivity index (χ1v) is 11.5. The third-order valence-electron chi connectivity index (χ3n) is 5.77. The van der Waals surface area contributed by atoms with Crippen LogP contribution in [0.1, 0.15) is 6.92 Å². The van der Waals surface area contributed by atoms with Crippen LogP contribution in [0.3, 0.4) is 0 Å². The fraction of sp³-hybridized carbons (Fsp3) is 0.0645. The van der Waals surface area contributed by atoms with Gasteiger partial charge in [0, 0.05) is 16.7 Å². The molecule has 0 saturated carbocycles. The molecule has 0 aliphatic rings. The second-order valence-electron chi connectivity index (χ2n) is 8.27. The lowest BCUT2D eigenvalue weighted by Crippen LogP contribution is -2.07. The second-order valence-corrected chi connectivity index (χ2v) is 8.27. The molecule has 0 heterocycles. The lowest BCUT2D eigenvalue weighted by atomic mass is 9.96. The number of hydrogen-bond acceptors (Lipinski definition) is 7. The van der Waals surface area contributed by atoms with E-state index in [1.807, 2.05) is 42.5 Å². The van der Waals surface area contributed by atoms with Crippen molar-refractivity contribution in [2.45, 2.75) is 6.92 Å². The molecule has 0 saturated heterocycles. The number of esters is 1. The molecule has 38 heavy (non-hydrogen) atoms. The second kappa shape index (κ2) is 11.7. The van der Waals surface area contributed by atoms with E-state index in [0.717, 1.165) is 22.3 Å². The van der Waals surface area contributed by atoms with Gasteiger partial charge in [0.2, 0.25) is 0 Å². The summed E-state index contributed by atoms with van der Waals surface area (Å²) < 4.78 is 21.1. The molecular formula is C31H24O7. The Kier molecular flexibility index (Phi) is 7.98. The molecule has 4 rings (SSSR count). The molecular weight excluding hydrogens is 484 g/mol. The lowest BCUT2D eigenvalue weighted by molar-refractivity contribution is -0.130. The monoisotopic (exact) mass is 508 g/mol. The summed E-state index contributed by atoms with van der Waals surface area (Å²) in [4.78, 5) is 33.6. The number of methoxy groups -OCH3 is 1. The maximum Gasteiger partial charge on any atom is 0.338 e. The molecule has 7 heteroatoms.